The fraction of sp³-hybridized carbons (Fsp3) is 0.364. The number of carbonyl (C=O) groups excluding carboxylic acids is 1. The lowest BCUT2D eigenvalue weighted by molar-refractivity contribution is 0.0600. The van der Waals surface area contributed by atoms with Gasteiger partial charge in [-0.3, -0.25) is 0 Å². The van der Waals surface area contributed by atoms with Crippen molar-refractivity contribution in [2.45, 2.75) is 6.54 Å². The number of fused-ring (bicyclic) bond motifs is 1. The second-order valence-electron chi connectivity index (χ2n) is 3.98. The van der Waals surface area contributed by atoms with E-state index < -0.39 is 0 Å². The Balaban J connectivity index is 2.37. The summed E-state index contributed by atoms with van der Waals surface area (Å²) in [6.45, 7) is 0.662. The van der Waals surface area contributed by atoms with Crippen LogP contribution in [0.15, 0.2) is 18.3 Å². The first-order valence-corrected chi connectivity index (χ1v) is 5.18. The Morgan fingerprint density at radius 1 is 1.53 bits per heavy atom. The van der Waals surface area contributed by atoms with Crippen LogP contribution in [-0.2, 0) is 11.3 Å². The fourth-order valence-electron chi connectivity index (χ4n) is 1.52. The van der Waals surface area contributed by atoms with Gasteiger partial charge in [-0.05, 0) is 26.2 Å². The molecule has 17 heavy (non-hydrogen) atoms. The first-order valence-electron chi connectivity index (χ1n) is 5.18. The minimum atomic E-state index is -0.371. The summed E-state index contributed by atoms with van der Waals surface area (Å²) in [6.07, 6.45) is 1.70. The van der Waals surface area contributed by atoms with Gasteiger partial charge in [-0.15, -0.1) is 5.10 Å². The van der Waals surface area contributed by atoms with Crippen molar-refractivity contribution >= 4 is 11.6 Å². The van der Waals surface area contributed by atoms with Crippen LogP contribution >= 0.6 is 0 Å². The van der Waals surface area contributed by atoms with E-state index in [9.17, 15) is 4.79 Å². The topological polar surface area (TPSA) is 59.7 Å². The molecule has 0 saturated heterocycles. The van der Waals surface area contributed by atoms with Crippen molar-refractivity contribution in [1.82, 2.24) is 19.5 Å². The van der Waals surface area contributed by atoms with Gasteiger partial charge in [0.1, 0.15) is 0 Å². The summed E-state index contributed by atoms with van der Waals surface area (Å²) in [4.78, 5) is 17.7. The zero-order valence-electron chi connectivity index (χ0n) is 10.0. The van der Waals surface area contributed by atoms with Crippen molar-refractivity contribution in [3.63, 3.8) is 0 Å². The highest BCUT2D eigenvalue weighted by molar-refractivity contribution is 5.90. The Labute approximate surface area is 98.8 Å². The lowest BCUT2D eigenvalue weighted by Gasteiger charge is -2.03. The Kier molecular flexibility index (Phi) is 3.06. The summed E-state index contributed by atoms with van der Waals surface area (Å²) in [5.41, 5.74) is 1.12. The molecule has 0 spiro atoms. The molecule has 0 aliphatic rings. The molecule has 0 atom stereocenters. The van der Waals surface area contributed by atoms with E-state index >= 15 is 0 Å². The average Bonchev–Trinajstić information content (AvgIpc) is 2.67. The molecule has 0 amide bonds. The smallest absolute Gasteiger partial charge is 0.338 e. The fourth-order valence-corrected chi connectivity index (χ4v) is 1.52. The number of aromatic nitrogens is 3. The summed E-state index contributed by atoms with van der Waals surface area (Å²) >= 11 is 0. The van der Waals surface area contributed by atoms with Gasteiger partial charge in [-0.25, -0.2) is 14.3 Å². The van der Waals surface area contributed by atoms with Crippen LogP contribution in [0.25, 0.3) is 5.65 Å². The van der Waals surface area contributed by atoms with Gasteiger partial charge in [0.15, 0.2) is 11.5 Å². The summed E-state index contributed by atoms with van der Waals surface area (Å²) in [6, 6.07) is 3.32. The van der Waals surface area contributed by atoms with Gasteiger partial charge in [0.25, 0.3) is 0 Å². The molecule has 0 aliphatic carbocycles. The number of ether oxygens (including phenoxy) is 1. The van der Waals surface area contributed by atoms with Gasteiger partial charge in [0.05, 0.1) is 19.2 Å². The largest absolute Gasteiger partial charge is 0.465 e. The number of hydrogen-bond donors (Lipinski definition) is 0. The highest BCUT2D eigenvalue weighted by Crippen LogP contribution is 2.07. The van der Waals surface area contributed by atoms with E-state index in [1.807, 2.05) is 19.0 Å². The van der Waals surface area contributed by atoms with Crippen LogP contribution in [-0.4, -0.2) is 46.7 Å². The van der Waals surface area contributed by atoms with Gasteiger partial charge in [-0.2, -0.15) is 0 Å². The number of methoxy groups -OCH3 is 1. The van der Waals surface area contributed by atoms with E-state index in [0.717, 1.165) is 5.82 Å². The molecule has 0 aromatic carbocycles. The molecule has 0 saturated carbocycles. The number of carbonyl (C=O) groups is 1. The monoisotopic (exact) mass is 234 g/mol. The number of esters is 1. The maximum atomic E-state index is 11.4. The molecule has 0 fully saturated rings. The molecule has 2 aromatic rings. The molecule has 6 heteroatoms. The van der Waals surface area contributed by atoms with Gasteiger partial charge in [0, 0.05) is 6.20 Å². The lowest BCUT2D eigenvalue weighted by Crippen LogP contribution is -2.11. The summed E-state index contributed by atoms with van der Waals surface area (Å²) < 4.78 is 6.30. The third-order valence-electron chi connectivity index (χ3n) is 2.26. The lowest BCUT2D eigenvalue weighted by atomic mass is 10.3. The van der Waals surface area contributed by atoms with Crippen LogP contribution in [0.5, 0.6) is 0 Å². The number of pyridine rings is 1. The van der Waals surface area contributed by atoms with Crippen molar-refractivity contribution in [2.75, 3.05) is 21.2 Å². The van der Waals surface area contributed by atoms with Crippen molar-refractivity contribution in [2.24, 2.45) is 0 Å². The Morgan fingerprint density at radius 2 is 2.29 bits per heavy atom. The molecule has 2 heterocycles. The molecule has 2 rings (SSSR count). The standard InChI is InChI=1S/C11H14N4O2/c1-14(2)7-9-12-10-6-8(11(16)17-3)4-5-15(10)13-9/h4-6H,7H2,1-3H3. The molecule has 6 nitrogen and oxygen atoms in total. The van der Waals surface area contributed by atoms with E-state index in [0.29, 0.717) is 17.8 Å². The second kappa shape index (κ2) is 4.50. The second-order valence-corrected chi connectivity index (χ2v) is 3.98. The van der Waals surface area contributed by atoms with Crippen LogP contribution in [0, 0.1) is 0 Å². The summed E-state index contributed by atoms with van der Waals surface area (Å²) in [5, 5.41) is 4.29. The predicted octanol–water partition coefficient (Wildman–Crippen LogP) is 0.577. The molecule has 0 radical (unpaired) electrons. The average molecular weight is 234 g/mol. The molecule has 90 valence electrons. The van der Waals surface area contributed by atoms with Crippen LogP contribution in [0.3, 0.4) is 0 Å². The minimum absolute atomic E-state index is 0.371. The number of nitrogens with zero attached hydrogens (tertiary/aromatic N) is 4. The van der Waals surface area contributed by atoms with E-state index in [1.54, 1.807) is 22.8 Å². The van der Waals surface area contributed by atoms with Crippen LogP contribution in [0.4, 0.5) is 0 Å². The molecular formula is C11H14N4O2. The first-order chi connectivity index (χ1) is 8.10. The molecule has 0 aliphatic heterocycles. The molecule has 0 bridgehead atoms. The first kappa shape index (κ1) is 11.5. The molecular weight excluding hydrogens is 220 g/mol. The molecule has 2 aromatic heterocycles. The molecule has 0 N–H and O–H groups in total. The molecule has 0 unspecified atom stereocenters. The Hall–Kier alpha value is -1.95. The van der Waals surface area contributed by atoms with Gasteiger partial charge in [0.2, 0.25) is 0 Å². The summed E-state index contributed by atoms with van der Waals surface area (Å²) in [5.74, 6) is 0.349. The van der Waals surface area contributed by atoms with Gasteiger partial charge >= 0.3 is 5.97 Å². The normalized spacial score (nSPS) is 11.1. The predicted molar refractivity (Wildman–Crippen MR) is 61.7 cm³/mol. The summed E-state index contributed by atoms with van der Waals surface area (Å²) in [7, 11) is 5.25. The van der Waals surface area contributed by atoms with Crippen LogP contribution in [0.1, 0.15) is 16.2 Å². The van der Waals surface area contributed by atoms with Gasteiger partial charge in [-0.1, -0.05) is 0 Å². The van der Waals surface area contributed by atoms with Crippen LogP contribution in [0.2, 0.25) is 0 Å². The Morgan fingerprint density at radius 3 is 2.94 bits per heavy atom. The van der Waals surface area contributed by atoms with E-state index in [2.05, 4.69) is 14.8 Å². The van der Waals surface area contributed by atoms with Crippen molar-refractivity contribution in [1.29, 1.82) is 0 Å². The van der Waals surface area contributed by atoms with E-state index in [4.69, 9.17) is 0 Å². The highest BCUT2D eigenvalue weighted by Gasteiger charge is 2.09. The highest BCUT2D eigenvalue weighted by atomic mass is 16.5. The zero-order chi connectivity index (χ0) is 12.4. The maximum Gasteiger partial charge on any atom is 0.338 e. The van der Waals surface area contributed by atoms with Crippen molar-refractivity contribution in [3.05, 3.63) is 29.7 Å². The van der Waals surface area contributed by atoms with E-state index in [1.165, 1.54) is 7.11 Å². The number of hydrogen-bond acceptors (Lipinski definition) is 5. The van der Waals surface area contributed by atoms with Crippen molar-refractivity contribution < 1.29 is 9.53 Å². The van der Waals surface area contributed by atoms with Crippen LogP contribution < -0.4 is 0 Å². The third-order valence-corrected chi connectivity index (χ3v) is 2.26. The van der Waals surface area contributed by atoms with E-state index in [-0.39, 0.29) is 5.97 Å². The van der Waals surface area contributed by atoms with Gasteiger partial charge < -0.3 is 9.64 Å². The number of rotatable bonds is 3. The maximum absolute atomic E-state index is 11.4. The van der Waals surface area contributed by atoms with Crippen molar-refractivity contribution in [3.8, 4) is 0 Å². The minimum Gasteiger partial charge on any atom is -0.465 e. The SMILES string of the molecule is COC(=O)c1ccn2nc(CN(C)C)nc2c1. The quantitative estimate of drug-likeness (QED) is 0.727. The third kappa shape index (κ3) is 2.42. The Bertz CT molecular complexity index is 547. The zero-order valence-corrected chi connectivity index (χ0v) is 10.0.